The first kappa shape index (κ1) is 21.9. The van der Waals surface area contributed by atoms with Crippen LogP contribution in [0.15, 0.2) is 29.7 Å². The molecule has 1 fully saturated rings. The van der Waals surface area contributed by atoms with Crippen molar-refractivity contribution >= 4 is 39.5 Å². The van der Waals surface area contributed by atoms with Gasteiger partial charge in [0.1, 0.15) is 17.1 Å². The fourth-order valence-electron chi connectivity index (χ4n) is 3.65. The third kappa shape index (κ3) is 4.67. The van der Waals surface area contributed by atoms with Crippen LogP contribution in [0.4, 0.5) is 4.79 Å². The average Bonchev–Trinajstić information content (AvgIpc) is 3.28. The summed E-state index contributed by atoms with van der Waals surface area (Å²) in [4.78, 5) is 41.6. The molecular weight excluding hydrogens is 404 g/mol. The Morgan fingerprint density at radius 2 is 2.10 bits per heavy atom. The molecule has 1 aliphatic heterocycles. The van der Waals surface area contributed by atoms with Gasteiger partial charge in [0, 0.05) is 37.6 Å². The highest BCUT2D eigenvalue weighted by molar-refractivity contribution is 7.16. The maximum atomic E-state index is 13.3. The van der Waals surface area contributed by atoms with E-state index in [0.717, 1.165) is 15.8 Å². The summed E-state index contributed by atoms with van der Waals surface area (Å²) in [5.74, 6) is -0.511. The summed E-state index contributed by atoms with van der Waals surface area (Å²) in [5.41, 5.74) is 1.62. The van der Waals surface area contributed by atoms with Crippen LogP contribution in [0.5, 0.6) is 0 Å². The number of rotatable bonds is 6. The minimum atomic E-state index is -0.467. The Balaban J connectivity index is 1.67. The molecule has 1 saturated heterocycles. The lowest BCUT2D eigenvalue weighted by molar-refractivity contribution is -0.141. The summed E-state index contributed by atoms with van der Waals surface area (Å²) in [6.07, 6.45) is 0. The van der Waals surface area contributed by atoms with E-state index in [1.165, 1.54) is 0 Å². The molecule has 2 aromatic heterocycles. The summed E-state index contributed by atoms with van der Waals surface area (Å²) in [7, 11) is 0. The zero-order valence-corrected chi connectivity index (χ0v) is 18.5. The summed E-state index contributed by atoms with van der Waals surface area (Å²) in [6, 6.07) is 3.45. The molecule has 9 heteroatoms. The number of esters is 1. The predicted molar refractivity (Wildman–Crippen MR) is 117 cm³/mol. The molecule has 162 valence electrons. The van der Waals surface area contributed by atoms with Crippen molar-refractivity contribution in [2.75, 3.05) is 32.8 Å². The van der Waals surface area contributed by atoms with Crippen molar-refractivity contribution < 1.29 is 19.1 Å². The average molecular weight is 433 g/mol. The van der Waals surface area contributed by atoms with Gasteiger partial charge in [-0.2, -0.15) is 0 Å². The Morgan fingerprint density at radius 3 is 2.77 bits per heavy atom. The van der Waals surface area contributed by atoms with Crippen LogP contribution >= 0.6 is 11.3 Å². The number of nitrogens with one attached hydrogen (secondary N) is 1. The first-order valence-electron chi connectivity index (χ1n) is 10.0. The van der Waals surface area contributed by atoms with Crippen LogP contribution in [-0.2, 0) is 16.1 Å². The van der Waals surface area contributed by atoms with E-state index in [4.69, 9.17) is 4.74 Å². The normalized spacial score (nSPS) is 16.6. The van der Waals surface area contributed by atoms with Crippen LogP contribution in [-0.4, -0.2) is 71.1 Å². The van der Waals surface area contributed by atoms with Crippen LogP contribution in [0, 0.1) is 0 Å². The van der Waals surface area contributed by atoms with Gasteiger partial charge in [0.05, 0.1) is 6.61 Å². The van der Waals surface area contributed by atoms with E-state index in [0.29, 0.717) is 31.9 Å². The van der Waals surface area contributed by atoms with Crippen LogP contribution in [0.1, 0.15) is 31.3 Å². The lowest BCUT2D eigenvalue weighted by atomic mass is 10.2. The fourth-order valence-corrected chi connectivity index (χ4v) is 4.54. The second kappa shape index (κ2) is 9.34. The molecule has 0 spiro atoms. The van der Waals surface area contributed by atoms with Crippen LogP contribution in [0.2, 0.25) is 0 Å². The Labute approximate surface area is 180 Å². The van der Waals surface area contributed by atoms with Gasteiger partial charge in [0.2, 0.25) is 0 Å². The van der Waals surface area contributed by atoms with E-state index in [1.54, 1.807) is 28.1 Å². The van der Waals surface area contributed by atoms with Gasteiger partial charge in [-0.3, -0.25) is 9.59 Å². The van der Waals surface area contributed by atoms with Gasteiger partial charge in [-0.25, -0.2) is 4.79 Å². The third-order valence-electron chi connectivity index (χ3n) is 5.01. The van der Waals surface area contributed by atoms with Crippen LogP contribution < -0.4 is 5.32 Å². The van der Waals surface area contributed by atoms with Crippen LogP contribution in [0.25, 0.3) is 10.2 Å². The number of carbonyl (C=O) groups is 3. The Bertz CT molecular complexity index is 964. The molecule has 1 atom stereocenters. The van der Waals surface area contributed by atoms with E-state index in [1.807, 2.05) is 35.9 Å². The molecule has 1 unspecified atom stereocenters. The molecule has 3 amide bonds. The van der Waals surface area contributed by atoms with Gasteiger partial charge >= 0.3 is 12.0 Å². The van der Waals surface area contributed by atoms with Crippen molar-refractivity contribution in [2.24, 2.45) is 0 Å². The zero-order chi connectivity index (χ0) is 21.8. The first-order valence-corrected chi connectivity index (χ1v) is 10.9. The maximum absolute atomic E-state index is 13.3. The predicted octanol–water partition coefficient (Wildman–Crippen LogP) is 2.70. The van der Waals surface area contributed by atoms with Gasteiger partial charge in [-0.1, -0.05) is 12.2 Å². The lowest BCUT2D eigenvalue weighted by Gasteiger charge is -2.39. The number of ether oxygens (including phenoxy) is 1. The van der Waals surface area contributed by atoms with E-state index < -0.39 is 5.97 Å². The summed E-state index contributed by atoms with van der Waals surface area (Å²) in [5, 5.41) is 5.65. The number of carbonyl (C=O) groups excluding carboxylic acids is 3. The summed E-state index contributed by atoms with van der Waals surface area (Å²) in [6.45, 7) is 11.5. The maximum Gasteiger partial charge on any atom is 0.325 e. The van der Waals surface area contributed by atoms with E-state index in [9.17, 15) is 14.4 Å². The number of urea groups is 1. The lowest BCUT2D eigenvalue weighted by Crippen LogP contribution is -2.58. The quantitative estimate of drug-likeness (QED) is 0.562. The van der Waals surface area contributed by atoms with Crippen molar-refractivity contribution in [3.05, 3.63) is 35.4 Å². The number of fused-ring (bicyclic) bond motifs is 1. The van der Waals surface area contributed by atoms with E-state index in [2.05, 4.69) is 11.9 Å². The molecule has 30 heavy (non-hydrogen) atoms. The second-order valence-corrected chi connectivity index (χ2v) is 8.41. The minimum absolute atomic E-state index is 0.0434. The van der Waals surface area contributed by atoms with Gasteiger partial charge in [-0.05, 0) is 38.3 Å². The molecule has 3 rings (SSSR count). The number of hydrogen-bond donors (Lipinski definition) is 1. The minimum Gasteiger partial charge on any atom is -0.465 e. The largest absolute Gasteiger partial charge is 0.465 e. The Morgan fingerprint density at radius 1 is 1.33 bits per heavy atom. The molecular formula is C21H28N4O4S. The number of aromatic nitrogens is 1. The Hall–Kier alpha value is -2.81. The molecule has 0 bridgehead atoms. The first-order chi connectivity index (χ1) is 14.3. The molecule has 0 saturated carbocycles. The molecule has 1 aliphatic rings. The number of allylic oxidation sites excluding steroid dienone is 1. The standard InChI is InChI=1S/C21H28N4O4S/c1-5-29-18(26)11-22-21(28)24-8-7-23(13-15(24)4)19(27)17-10-16-6-9-30-20(16)25(17)12-14(2)3/h6,9-10,15H,2,5,7-8,11-13H2,1,3-4H3,(H,22,28). The molecule has 2 aromatic rings. The molecule has 1 N–H and O–H groups in total. The highest BCUT2D eigenvalue weighted by atomic mass is 32.1. The number of hydrogen-bond acceptors (Lipinski definition) is 5. The molecule has 0 radical (unpaired) electrons. The van der Waals surface area contributed by atoms with Gasteiger partial charge in [-0.15, -0.1) is 11.3 Å². The number of nitrogens with zero attached hydrogens (tertiary/aromatic N) is 3. The molecule has 8 nitrogen and oxygen atoms in total. The number of piperazine rings is 1. The van der Waals surface area contributed by atoms with Crippen molar-refractivity contribution in [3.8, 4) is 0 Å². The zero-order valence-electron chi connectivity index (χ0n) is 17.6. The van der Waals surface area contributed by atoms with Crippen molar-refractivity contribution in [1.82, 2.24) is 19.7 Å². The second-order valence-electron chi connectivity index (χ2n) is 7.51. The van der Waals surface area contributed by atoms with Gasteiger partial charge in [0.25, 0.3) is 5.91 Å². The summed E-state index contributed by atoms with van der Waals surface area (Å²) < 4.78 is 6.85. The van der Waals surface area contributed by atoms with Crippen molar-refractivity contribution in [1.29, 1.82) is 0 Å². The summed E-state index contributed by atoms with van der Waals surface area (Å²) >= 11 is 1.61. The van der Waals surface area contributed by atoms with Crippen LogP contribution in [0.3, 0.4) is 0 Å². The topological polar surface area (TPSA) is 83.9 Å². The highest BCUT2D eigenvalue weighted by Gasteiger charge is 2.31. The van der Waals surface area contributed by atoms with E-state index >= 15 is 0 Å². The molecule has 0 aromatic carbocycles. The van der Waals surface area contributed by atoms with Gasteiger partial charge in [0.15, 0.2) is 0 Å². The smallest absolute Gasteiger partial charge is 0.325 e. The fraction of sp³-hybridized carbons (Fsp3) is 0.476. The number of thiophene rings is 1. The van der Waals surface area contributed by atoms with Gasteiger partial charge < -0.3 is 24.4 Å². The number of amides is 3. The molecule has 0 aliphatic carbocycles. The monoisotopic (exact) mass is 432 g/mol. The molecule has 3 heterocycles. The van der Waals surface area contributed by atoms with Crippen molar-refractivity contribution in [2.45, 2.75) is 33.4 Å². The third-order valence-corrected chi connectivity index (χ3v) is 5.97. The highest BCUT2D eigenvalue weighted by Crippen LogP contribution is 2.27. The van der Waals surface area contributed by atoms with E-state index in [-0.39, 0.29) is 31.1 Å². The Kier molecular flexibility index (Phi) is 6.81. The SMILES string of the molecule is C=C(C)Cn1c(C(=O)N2CCN(C(=O)NCC(=O)OCC)C(C)C2)cc2ccsc21. The van der Waals surface area contributed by atoms with Crippen molar-refractivity contribution in [3.63, 3.8) is 0 Å².